The molecule has 0 bridgehead atoms. The number of nitrogens with zero attached hydrogens (tertiary/aromatic N) is 1. The number of halogens is 3. The van der Waals surface area contributed by atoms with Crippen LogP contribution in [0.15, 0.2) is 30.0 Å². The molecule has 1 aromatic carbocycles. The summed E-state index contributed by atoms with van der Waals surface area (Å²) in [5.74, 6) is -0.407. The lowest BCUT2D eigenvalue weighted by Gasteiger charge is -2.08. The highest BCUT2D eigenvalue weighted by atomic mass is 19.4. The van der Waals surface area contributed by atoms with Gasteiger partial charge < -0.3 is 4.74 Å². The molecule has 0 N–H and O–H groups in total. The van der Waals surface area contributed by atoms with Gasteiger partial charge in [-0.25, -0.2) is 0 Å². The summed E-state index contributed by atoms with van der Waals surface area (Å²) in [7, 11) is 0. The molecule has 0 saturated heterocycles. The number of nitro groups is 1. The fourth-order valence-corrected chi connectivity index (χ4v) is 1.28. The van der Waals surface area contributed by atoms with E-state index in [4.69, 9.17) is 0 Å². The summed E-state index contributed by atoms with van der Waals surface area (Å²) in [6, 6.07) is 5.01. The summed E-state index contributed by atoms with van der Waals surface area (Å²) in [6.07, 6.45) is -3.39. The minimum atomic E-state index is -4.78. The summed E-state index contributed by atoms with van der Waals surface area (Å²) in [5.41, 5.74) is 0.199. The van der Waals surface area contributed by atoms with Gasteiger partial charge in [0.25, 0.3) is 0 Å². The molecular formula is C11H10F3NO3. The smallest absolute Gasteiger partial charge is 0.406 e. The first-order valence-corrected chi connectivity index (χ1v) is 5.02. The highest BCUT2D eigenvalue weighted by molar-refractivity contribution is 5.53. The van der Waals surface area contributed by atoms with Crippen LogP contribution in [-0.4, -0.2) is 11.3 Å². The van der Waals surface area contributed by atoms with Crippen LogP contribution in [-0.2, 0) is 0 Å². The third kappa shape index (κ3) is 4.44. The third-order valence-electron chi connectivity index (χ3n) is 2.02. The molecule has 0 spiro atoms. The lowest BCUT2D eigenvalue weighted by Crippen LogP contribution is -2.17. The van der Waals surface area contributed by atoms with Crippen molar-refractivity contribution >= 4 is 6.08 Å². The Morgan fingerprint density at radius 1 is 1.50 bits per heavy atom. The largest absolute Gasteiger partial charge is 0.573 e. The number of alkyl halides is 3. The van der Waals surface area contributed by atoms with Gasteiger partial charge in [-0.15, -0.1) is 13.2 Å². The first-order chi connectivity index (χ1) is 8.31. The molecule has 0 aliphatic carbocycles. The molecule has 0 aliphatic rings. The lowest BCUT2D eigenvalue weighted by molar-refractivity contribution is -0.425. The predicted octanol–water partition coefficient (Wildman–Crippen LogP) is 3.61. The fourth-order valence-electron chi connectivity index (χ4n) is 1.28. The Balaban J connectivity index is 2.98. The monoisotopic (exact) mass is 261 g/mol. The average molecular weight is 261 g/mol. The maximum Gasteiger partial charge on any atom is 0.573 e. The van der Waals surface area contributed by atoms with Crippen LogP contribution >= 0.6 is 0 Å². The molecule has 0 radical (unpaired) electrons. The van der Waals surface area contributed by atoms with Gasteiger partial charge in [0.15, 0.2) is 0 Å². The van der Waals surface area contributed by atoms with E-state index in [0.29, 0.717) is 0 Å². The minimum Gasteiger partial charge on any atom is -0.406 e. The molecule has 0 aromatic heterocycles. The van der Waals surface area contributed by atoms with Gasteiger partial charge in [-0.1, -0.05) is 19.1 Å². The molecule has 0 fully saturated rings. The molecule has 1 rings (SSSR count). The van der Waals surface area contributed by atoms with Crippen LogP contribution < -0.4 is 4.74 Å². The second-order valence-corrected chi connectivity index (χ2v) is 3.37. The number of benzene rings is 1. The van der Waals surface area contributed by atoms with Crippen molar-refractivity contribution in [3.05, 3.63) is 45.6 Å². The van der Waals surface area contributed by atoms with Crippen molar-refractivity contribution in [1.82, 2.24) is 0 Å². The van der Waals surface area contributed by atoms with E-state index in [-0.39, 0.29) is 17.7 Å². The Morgan fingerprint density at radius 2 is 2.17 bits per heavy atom. The van der Waals surface area contributed by atoms with E-state index >= 15 is 0 Å². The van der Waals surface area contributed by atoms with Crippen LogP contribution in [0.4, 0.5) is 13.2 Å². The maximum absolute atomic E-state index is 12.0. The van der Waals surface area contributed by atoms with Crippen LogP contribution in [0.5, 0.6) is 5.75 Å². The van der Waals surface area contributed by atoms with Gasteiger partial charge in [0.2, 0.25) is 5.70 Å². The second kappa shape index (κ2) is 5.52. The Labute approximate surface area is 101 Å². The SMILES string of the molecule is CC/C(=C/c1cccc(OC(F)(F)F)c1)[N+](=O)[O-]. The molecule has 0 atom stereocenters. The van der Waals surface area contributed by atoms with Crippen molar-refractivity contribution < 1.29 is 22.8 Å². The first kappa shape index (κ1) is 14.0. The number of hydrogen-bond acceptors (Lipinski definition) is 3. The van der Waals surface area contributed by atoms with E-state index in [9.17, 15) is 23.3 Å². The topological polar surface area (TPSA) is 52.4 Å². The summed E-state index contributed by atoms with van der Waals surface area (Å²) in [4.78, 5) is 10.0. The highest BCUT2D eigenvalue weighted by Crippen LogP contribution is 2.24. The summed E-state index contributed by atoms with van der Waals surface area (Å²) >= 11 is 0. The van der Waals surface area contributed by atoms with E-state index in [2.05, 4.69) is 4.74 Å². The first-order valence-electron chi connectivity index (χ1n) is 5.02. The Kier molecular flexibility index (Phi) is 4.30. The van der Waals surface area contributed by atoms with Crippen LogP contribution in [0.2, 0.25) is 0 Å². The molecule has 0 aliphatic heterocycles. The predicted molar refractivity (Wildman–Crippen MR) is 58.4 cm³/mol. The van der Waals surface area contributed by atoms with E-state index in [1.54, 1.807) is 6.92 Å². The van der Waals surface area contributed by atoms with Gasteiger partial charge in [-0.2, -0.15) is 0 Å². The standard InChI is InChI=1S/C11H10F3NO3/c1-2-9(15(16)17)6-8-4-3-5-10(7-8)18-11(12,13)14/h3-7H,2H2,1H3/b9-6-. The average Bonchev–Trinajstić information content (AvgIpc) is 2.23. The van der Waals surface area contributed by atoms with E-state index in [1.165, 1.54) is 18.2 Å². The summed E-state index contributed by atoms with van der Waals surface area (Å²) in [6.45, 7) is 1.59. The Morgan fingerprint density at radius 3 is 2.67 bits per heavy atom. The van der Waals surface area contributed by atoms with Crippen LogP contribution in [0.1, 0.15) is 18.9 Å². The zero-order valence-corrected chi connectivity index (χ0v) is 9.40. The van der Waals surface area contributed by atoms with Gasteiger partial charge >= 0.3 is 6.36 Å². The zero-order valence-electron chi connectivity index (χ0n) is 9.40. The third-order valence-corrected chi connectivity index (χ3v) is 2.02. The Bertz CT molecular complexity index is 469. The summed E-state index contributed by atoms with van der Waals surface area (Å²) in [5, 5.41) is 10.6. The zero-order chi connectivity index (χ0) is 13.8. The molecule has 18 heavy (non-hydrogen) atoms. The minimum absolute atomic E-state index is 0.0841. The molecule has 1 aromatic rings. The van der Waals surface area contributed by atoms with Gasteiger partial charge in [-0.3, -0.25) is 10.1 Å². The number of ether oxygens (including phenoxy) is 1. The van der Waals surface area contributed by atoms with Gasteiger partial charge in [0.1, 0.15) is 5.75 Å². The van der Waals surface area contributed by atoms with Crippen molar-refractivity contribution in [1.29, 1.82) is 0 Å². The molecule has 0 heterocycles. The molecule has 98 valence electrons. The number of rotatable bonds is 4. The van der Waals surface area contributed by atoms with Crippen molar-refractivity contribution in [2.45, 2.75) is 19.7 Å². The van der Waals surface area contributed by atoms with Crippen LogP contribution in [0, 0.1) is 10.1 Å². The van der Waals surface area contributed by atoms with Gasteiger partial charge in [0, 0.05) is 12.5 Å². The molecule has 0 amide bonds. The Hall–Kier alpha value is -2.05. The molecule has 4 nitrogen and oxygen atoms in total. The second-order valence-electron chi connectivity index (χ2n) is 3.37. The normalized spacial score (nSPS) is 12.3. The number of allylic oxidation sites excluding steroid dienone is 1. The maximum atomic E-state index is 12.0. The van der Waals surface area contributed by atoms with Crippen LogP contribution in [0.25, 0.3) is 6.08 Å². The van der Waals surface area contributed by atoms with Crippen LogP contribution in [0.3, 0.4) is 0 Å². The summed E-state index contributed by atoms with van der Waals surface area (Å²) < 4.78 is 39.7. The van der Waals surface area contributed by atoms with E-state index < -0.39 is 17.0 Å². The van der Waals surface area contributed by atoms with Gasteiger partial charge in [-0.05, 0) is 17.7 Å². The molecule has 7 heteroatoms. The molecule has 0 unspecified atom stereocenters. The number of hydrogen-bond donors (Lipinski definition) is 0. The van der Waals surface area contributed by atoms with E-state index in [0.717, 1.165) is 12.1 Å². The quantitative estimate of drug-likeness (QED) is 0.614. The van der Waals surface area contributed by atoms with Gasteiger partial charge in [0.05, 0.1) is 4.92 Å². The molecule has 0 saturated carbocycles. The van der Waals surface area contributed by atoms with E-state index in [1.807, 2.05) is 0 Å². The van der Waals surface area contributed by atoms with Crippen molar-refractivity contribution in [2.75, 3.05) is 0 Å². The lowest BCUT2D eigenvalue weighted by atomic mass is 10.1. The van der Waals surface area contributed by atoms with Crippen molar-refractivity contribution in [3.8, 4) is 5.75 Å². The van der Waals surface area contributed by atoms with Crippen molar-refractivity contribution in [2.24, 2.45) is 0 Å². The highest BCUT2D eigenvalue weighted by Gasteiger charge is 2.31. The van der Waals surface area contributed by atoms with Crippen molar-refractivity contribution in [3.63, 3.8) is 0 Å². The molecular weight excluding hydrogens is 251 g/mol. The fraction of sp³-hybridized carbons (Fsp3) is 0.273.